The summed E-state index contributed by atoms with van der Waals surface area (Å²) in [5.41, 5.74) is 0. The lowest BCUT2D eigenvalue weighted by Gasteiger charge is -2.24. The molecule has 0 N–H and O–H groups in total. The summed E-state index contributed by atoms with van der Waals surface area (Å²) in [4.78, 5) is 11.1. The molecule has 0 aliphatic heterocycles. The van der Waals surface area contributed by atoms with Gasteiger partial charge < -0.3 is 4.67 Å². The molecule has 3 heteroatoms. The van der Waals surface area contributed by atoms with Crippen LogP contribution in [0.15, 0.2) is 12.7 Å². The Morgan fingerprint density at radius 3 is 2.27 bits per heavy atom. The van der Waals surface area contributed by atoms with Crippen molar-refractivity contribution >= 4 is 14.0 Å². The molecule has 0 aliphatic rings. The maximum absolute atomic E-state index is 11.1. The fourth-order valence-corrected chi connectivity index (χ4v) is 2.58. The molecule has 0 aromatic heterocycles. The first-order chi connectivity index (χ1) is 5.17. The van der Waals surface area contributed by atoms with Gasteiger partial charge in [-0.3, -0.25) is 4.79 Å². The molecule has 0 atom stereocenters. The van der Waals surface area contributed by atoms with Crippen LogP contribution >= 0.6 is 8.07 Å². The van der Waals surface area contributed by atoms with Crippen LogP contribution in [0.25, 0.3) is 0 Å². The van der Waals surface area contributed by atoms with Crippen LogP contribution in [0, 0.1) is 0 Å². The second-order valence-electron chi connectivity index (χ2n) is 2.20. The minimum absolute atomic E-state index is 0.0415. The second kappa shape index (κ2) is 5.31. The van der Waals surface area contributed by atoms with E-state index in [0.717, 1.165) is 12.3 Å². The molecule has 0 heterocycles. The van der Waals surface area contributed by atoms with Gasteiger partial charge in [-0.1, -0.05) is 20.4 Å². The summed E-state index contributed by atoms with van der Waals surface area (Å²) in [5.74, 6) is 0.0415. The van der Waals surface area contributed by atoms with Gasteiger partial charge in [-0.25, -0.2) is 0 Å². The smallest absolute Gasteiger partial charge is 0.248 e. The molecule has 0 spiro atoms. The highest BCUT2D eigenvalue weighted by molar-refractivity contribution is 7.55. The molecule has 0 unspecified atom stereocenters. The lowest BCUT2D eigenvalue weighted by molar-refractivity contribution is -0.120. The Labute approximate surface area is 70.1 Å². The van der Waals surface area contributed by atoms with E-state index in [1.54, 1.807) is 0 Å². The molecule has 0 radical (unpaired) electrons. The average Bonchev–Trinajstić information content (AvgIpc) is 2.05. The molecule has 1 amide bonds. The molecule has 0 aliphatic carbocycles. The lowest BCUT2D eigenvalue weighted by atomic mass is 10.6. The van der Waals surface area contributed by atoms with E-state index in [9.17, 15) is 4.79 Å². The van der Waals surface area contributed by atoms with Crippen molar-refractivity contribution in [3.8, 4) is 0 Å². The molecule has 11 heavy (non-hydrogen) atoms. The maximum Gasteiger partial charge on any atom is 0.248 e. The van der Waals surface area contributed by atoms with E-state index in [1.165, 1.54) is 6.08 Å². The Hall–Kier alpha value is -0.360. The molecule has 0 saturated carbocycles. The van der Waals surface area contributed by atoms with E-state index in [-0.39, 0.29) is 14.0 Å². The fourth-order valence-electron chi connectivity index (χ4n) is 0.919. The number of carbonyl (C=O) groups excluding carboxylic acids is 1. The van der Waals surface area contributed by atoms with E-state index >= 15 is 0 Å². The van der Waals surface area contributed by atoms with Gasteiger partial charge in [-0.15, -0.1) is 0 Å². The predicted octanol–water partition coefficient (Wildman–Crippen LogP) is 2.07. The van der Waals surface area contributed by atoms with Crippen molar-refractivity contribution in [3.05, 3.63) is 12.7 Å². The standard InChI is InChI=1S/C8H16NOP/c1-5-8(10)9(4)11(6-2)7-3/h5H,1,6-7H2,2-4H3. The lowest BCUT2D eigenvalue weighted by Crippen LogP contribution is -2.20. The largest absolute Gasteiger partial charge is 0.321 e. The van der Waals surface area contributed by atoms with Crippen LogP contribution in [0.5, 0.6) is 0 Å². The number of nitrogens with zero attached hydrogens (tertiary/aromatic N) is 1. The van der Waals surface area contributed by atoms with Gasteiger partial charge in [0.2, 0.25) is 5.91 Å². The summed E-state index contributed by atoms with van der Waals surface area (Å²) in [5, 5.41) is 0. The van der Waals surface area contributed by atoms with Crippen LogP contribution in [0.3, 0.4) is 0 Å². The Balaban J connectivity index is 4.07. The average molecular weight is 173 g/mol. The Kier molecular flexibility index (Phi) is 5.14. The number of amides is 1. The predicted molar refractivity (Wildman–Crippen MR) is 51.0 cm³/mol. The summed E-state index contributed by atoms with van der Waals surface area (Å²) in [6, 6.07) is 0. The molecular weight excluding hydrogens is 157 g/mol. The van der Waals surface area contributed by atoms with Gasteiger partial charge in [0.05, 0.1) is 0 Å². The van der Waals surface area contributed by atoms with E-state index in [0.29, 0.717) is 0 Å². The summed E-state index contributed by atoms with van der Waals surface area (Å²) in [6.45, 7) is 7.68. The van der Waals surface area contributed by atoms with Gasteiger partial charge in [0.1, 0.15) is 0 Å². The molecule has 64 valence electrons. The zero-order valence-electron chi connectivity index (χ0n) is 7.50. The number of carbonyl (C=O) groups is 1. The summed E-state index contributed by atoms with van der Waals surface area (Å²) < 4.78 is 1.81. The first-order valence-electron chi connectivity index (χ1n) is 3.82. The minimum Gasteiger partial charge on any atom is -0.321 e. The highest BCUT2D eigenvalue weighted by atomic mass is 31.1. The zero-order chi connectivity index (χ0) is 8.85. The van der Waals surface area contributed by atoms with Gasteiger partial charge >= 0.3 is 0 Å². The highest BCUT2D eigenvalue weighted by Gasteiger charge is 2.12. The van der Waals surface area contributed by atoms with Crippen molar-refractivity contribution in [1.82, 2.24) is 4.67 Å². The third-order valence-electron chi connectivity index (χ3n) is 1.65. The van der Waals surface area contributed by atoms with Crippen LogP contribution in [0.2, 0.25) is 0 Å². The van der Waals surface area contributed by atoms with Crippen LogP contribution in [0.4, 0.5) is 0 Å². The molecule has 0 aromatic carbocycles. The highest BCUT2D eigenvalue weighted by Crippen LogP contribution is 2.37. The maximum atomic E-state index is 11.1. The number of likely N-dealkylation sites (N-methyl/N-ethyl adjacent to an activating group) is 1. The third-order valence-corrected chi connectivity index (χ3v) is 4.15. The van der Waals surface area contributed by atoms with Crippen molar-refractivity contribution in [2.24, 2.45) is 0 Å². The van der Waals surface area contributed by atoms with Gasteiger partial charge in [-0.05, 0) is 26.5 Å². The van der Waals surface area contributed by atoms with E-state index in [1.807, 2.05) is 11.7 Å². The van der Waals surface area contributed by atoms with E-state index < -0.39 is 0 Å². The number of hydrogen-bond donors (Lipinski definition) is 0. The van der Waals surface area contributed by atoms with Gasteiger partial charge in [0.25, 0.3) is 0 Å². The fraction of sp³-hybridized carbons (Fsp3) is 0.625. The molecule has 0 saturated heterocycles. The summed E-state index contributed by atoms with van der Waals surface area (Å²) in [6.07, 6.45) is 3.52. The van der Waals surface area contributed by atoms with Crippen molar-refractivity contribution in [3.63, 3.8) is 0 Å². The zero-order valence-corrected chi connectivity index (χ0v) is 8.40. The SMILES string of the molecule is C=CC(=O)N(C)P(CC)CC. The van der Waals surface area contributed by atoms with Crippen molar-refractivity contribution < 1.29 is 4.79 Å². The number of rotatable bonds is 4. The quantitative estimate of drug-likeness (QED) is 0.470. The summed E-state index contributed by atoms with van der Waals surface area (Å²) in [7, 11) is 1.60. The third kappa shape index (κ3) is 3.02. The van der Waals surface area contributed by atoms with E-state index in [2.05, 4.69) is 20.4 Å². The molecule has 0 bridgehead atoms. The van der Waals surface area contributed by atoms with Gasteiger partial charge in [0, 0.05) is 7.05 Å². The Morgan fingerprint density at radius 1 is 1.55 bits per heavy atom. The van der Waals surface area contributed by atoms with Gasteiger partial charge in [-0.2, -0.15) is 0 Å². The Morgan fingerprint density at radius 2 is 2.00 bits per heavy atom. The van der Waals surface area contributed by atoms with Crippen molar-refractivity contribution in [2.45, 2.75) is 13.8 Å². The van der Waals surface area contributed by atoms with Crippen molar-refractivity contribution in [2.75, 3.05) is 19.4 Å². The van der Waals surface area contributed by atoms with Crippen molar-refractivity contribution in [1.29, 1.82) is 0 Å². The minimum atomic E-state index is -0.250. The second-order valence-corrected chi connectivity index (χ2v) is 5.08. The van der Waals surface area contributed by atoms with Crippen LogP contribution in [-0.4, -0.2) is 29.9 Å². The van der Waals surface area contributed by atoms with Gasteiger partial charge in [0.15, 0.2) is 0 Å². The first kappa shape index (κ1) is 10.6. The first-order valence-corrected chi connectivity index (χ1v) is 5.48. The van der Waals surface area contributed by atoms with Crippen LogP contribution in [0.1, 0.15) is 13.8 Å². The van der Waals surface area contributed by atoms with E-state index in [4.69, 9.17) is 0 Å². The molecule has 0 fully saturated rings. The molecular formula is C8H16NOP. The molecule has 2 nitrogen and oxygen atoms in total. The molecule has 0 aromatic rings. The van der Waals surface area contributed by atoms with Crippen LogP contribution in [-0.2, 0) is 4.79 Å². The van der Waals surface area contributed by atoms with Crippen LogP contribution < -0.4 is 0 Å². The Bertz CT molecular complexity index is 143. The normalized spacial score (nSPS) is 9.82. The monoisotopic (exact) mass is 173 g/mol. The number of hydrogen-bond acceptors (Lipinski definition) is 1. The topological polar surface area (TPSA) is 20.3 Å². The summed E-state index contributed by atoms with van der Waals surface area (Å²) >= 11 is 0. The molecule has 0 rings (SSSR count).